The number of hydrogen-bond acceptors (Lipinski definition) is 7. The Bertz CT molecular complexity index is 1120. The number of benzene rings is 3. The number of ether oxygens (including phenoxy) is 6. The van der Waals surface area contributed by atoms with Crippen molar-refractivity contribution in [1.82, 2.24) is 0 Å². The maximum atomic E-state index is 12.1. The van der Waals surface area contributed by atoms with E-state index in [1.54, 1.807) is 7.11 Å². The van der Waals surface area contributed by atoms with Gasteiger partial charge in [0.15, 0.2) is 0 Å². The molecule has 1 N–H and O–H groups in total. The Kier molecular flexibility index (Phi) is 11.7. The average molecular weight is 548 g/mol. The molecule has 8 heteroatoms. The van der Waals surface area contributed by atoms with Crippen molar-refractivity contribution in [2.24, 2.45) is 0 Å². The Morgan fingerprint density at radius 3 is 1.75 bits per heavy atom. The van der Waals surface area contributed by atoms with Crippen LogP contribution in [0.4, 0.5) is 5.69 Å². The summed E-state index contributed by atoms with van der Waals surface area (Å²) in [7, 11) is 1.61. The van der Waals surface area contributed by atoms with Crippen molar-refractivity contribution in [2.45, 2.75) is 25.4 Å². The minimum Gasteiger partial charge on any atom is -0.496 e. The van der Waals surface area contributed by atoms with Crippen LogP contribution in [0.5, 0.6) is 5.75 Å². The van der Waals surface area contributed by atoms with E-state index in [1.807, 2.05) is 72.8 Å². The molecule has 0 aliphatic carbocycles. The van der Waals surface area contributed by atoms with Crippen LogP contribution in [0, 0.1) is 0 Å². The summed E-state index contributed by atoms with van der Waals surface area (Å²) in [5.74, 6) is 0.330. The van der Waals surface area contributed by atoms with Crippen LogP contribution in [0.15, 0.2) is 85.5 Å². The van der Waals surface area contributed by atoms with E-state index in [0.29, 0.717) is 51.1 Å². The van der Waals surface area contributed by atoms with E-state index in [-0.39, 0.29) is 31.3 Å². The highest BCUT2D eigenvalue weighted by Gasteiger charge is 2.18. The molecular formula is C32H37NO7. The second-order valence-electron chi connectivity index (χ2n) is 9.20. The van der Waals surface area contributed by atoms with Gasteiger partial charge in [-0.2, -0.15) is 0 Å². The zero-order valence-electron chi connectivity index (χ0n) is 22.9. The fraction of sp³-hybridized carbons (Fsp3) is 0.344. The lowest BCUT2D eigenvalue weighted by Gasteiger charge is -2.22. The van der Waals surface area contributed by atoms with E-state index in [0.717, 1.165) is 22.3 Å². The molecule has 2 atom stereocenters. The van der Waals surface area contributed by atoms with Crippen molar-refractivity contribution in [3.8, 4) is 5.75 Å². The largest absolute Gasteiger partial charge is 0.496 e. The first-order valence-corrected chi connectivity index (χ1v) is 13.4. The van der Waals surface area contributed by atoms with Gasteiger partial charge in [-0.25, -0.2) is 0 Å². The van der Waals surface area contributed by atoms with Crippen LogP contribution in [0.2, 0.25) is 0 Å². The van der Waals surface area contributed by atoms with E-state index in [2.05, 4.69) is 11.9 Å². The Hall–Kier alpha value is -3.53. The minimum absolute atomic E-state index is 0.243. The van der Waals surface area contributed by atoms with Gasteiger partial charge in [-0.1, -0.05) is 67.2 Å². The van der Waals surface area contributed by atoms with Crippen LogP contribution in [0.1, 0.15) is 34.5 Å². The Labute approximate surface area is 235 Å². The van der Waals surface area contributed by atoms with Gasteiger partial charge in [0.25, 0.3) is 0 Å². The summed E-state index contributed by atoms with van der Waals surface area (Å²) in [6.07, 6.45) is 0.674. The molecule has 4 rings (SSSR count). The average Bonchev–Trinajstić information content (AvgIpc) is 2.99. The zero-order valence-corrected chi connectivity index (χ0v) is 22.9. The summed E-state index contributed by atoms with van der Waals surface area (Å²) in [5, 5.41) is 2.84. The zero-order chi connectivity index (χ0) is 28.0. The Morgan fingerprint density at radius 2 is 1.30 bits per heavy atom. The molecule has 0 radical (unpaired) electrons. The SMILES string of the molecule is C=CC(=O)Nc1cc2c(OC)c(c1)COC[C@H](c1ccccc1)OCCOCCO[C@@H](c1ccccc1)COC2. The van der Waals surface area contributed by atoms with Crippen molar-refractivity contribution in [2.75, 3.05) is 52.1 Å². The lowest BCUT2D eigenvalue weighted by Crippen LogP contribution is -2.18. The fourth-order valence-electron chi connectivity index (χ4n) is 4.47. The minimum atomic E-state index is -0.310. The van der Waals surface area contributed by atoms with Crippen LogP contribution < -0.4 is 10.1 Å². The van der Waals surface area contributed by atoms with Crippen molar-refractivity contribution in [3.63, 3.8) is 0 Å². The van der Waals surface area contributed by atoms with E-state index < -0.39 is 0 Å². The van der Waals surface area contributed by atoms with E-state index >= 15 is 0 Å². The molecule has 0 saturated carbocycles. The molecule has 0 fully saturated rings. The number of carbonyl (C=O) groups excluding carboxylic acids is 1. The predicted molar refractivity (Wildman–Crippen MR) is 152 cm³/mol. The summed E-state index contributed by atoms with van der Waals surface area (Å²) in [6.45, 7) is 6.37. The lowest BCUT2D eigenvalue weighted by molar-refractivity contribution is -0.111. The molecule has 3 aromatic carbocycles. The summed E-state index contributed by atoms with van der Waals surface area (Å²) in [6, 6.07) is 23.6. The molecule has 0 spiro atoms. The van der Waals surface area contributed by atoms with Crippen LogP contribution in [-0.2, 0) is 41.7 Å². The molecule has 8 nitrogen and oxygen atoms in total. The molecule has 3 aromatic rings. The van der Waals surface area contributed by atoms with Crippen molar-refractivity contribution >= 4 is 11.6 Å². The van der Waals surface area contributed by atoms with Crippen LogP contribution in [0.3, 0.4) is 0 Å². The second kappa shape index (κ2) is 15.9. The third-order valence-corrected chi connectivity index (χ3v) is 6.39. The van der Waals surface area contributed by atoms with Gasteiger partial charge in [-0.3, -0.25) is 4.79 Å². The van der Waals surface area contributed by atoms with Gasteiger partial charge >= 0.3 is 0 Å². The molecule has 212 valence electrons. The normalized spacial score (nSPS) is 19.5. The Balaban J connectivity index is 1.59. The first-order chi connectivity index (χ1) is 19.7. The smallest absolute Gasteiger partial charge is 0.247 e. The third kappa shape index (κ3) is 8.74. The predicted octanol–water partition coefficient (Wildman–Crippen LogP) is 5.40. The highest BCUT2D eigenvalue weighted by Crippen LogP contribution is 2.31. The van der Waals surface area contributed by atoms with Gasteiger partial charge in [0, 0.05) is 16.8 Å². The number of anilines is 1. The first-order valence-electron chi connectivity index (χ1n) is 13.4. The molecule has 1 heterocycles. The third-order valence-electron chi connectivity index (χ3n) is 6.39. The Morgan fingerprint density at radius 1 is 0.800 bits per heavy atom. The number of hydrogen-bond donors (Lipinski definition) is 1. The number of rotatable bonds is 5. The van der Waals surface area contributed by atoms with E-state index in [1.165, 1.54) is 6.08 Å². The number of nitrogens with one attached hydrogen (secondary N) is 1. The van der Waals surface area contributed by atoms with E-state index in [9.17, 15) is 4.79 Å². The molecule has 0 unspecified atom stereocenters. The topological polar surface area (TPSA) is 84.5 Å². The summed E-state index contributed by atoms with van der Waals surface area (Å²) in [5.41, 5.74) is 4.17. The molecule has 1 aliphatic heterocycles. The van der Waals surface area contributed by atoms with Gasteiger partial charge in [-0.05, 0) is 29.3 Å². The highest BCUT2D eigenvalue weighted by molar-refractivity contribution is 5.99. The number of amides is 1. The first kappa shape index (κ1) is 29.5. The fourth-order valence-corrected chi connectivity index (χ4v) is 4.47. The number of fused-ring (bicyclic) bond motifs is 2. The molecule has 40 heavy (non-hydrogen) atoms. The molecule has 0 saturated heterocycles. The standard InChI is InChI=1S/C32H37NO7/c1-3-31(34)33-28-18-26-20-37-22-29(24-10-6-4-7-11-24)39-16-14-36-15-17-40-30(25-12-8-5-9-13-25)23-38-21-27(19-28)32(26)35-2/h3-13,18-19,29-30H,1,14-17,20-23H2,2H3,(H,33,34)/t29-,30-/m1/s1. The number of methoxy groups -OCH3 is 1. The van der Waals surface area contributed by atoms with Gasteiger partial charge in [-0.15, -0.1) is 0 Å². The molecule has 1 aliphatic rings. The van der Waals surface area contributed by atoms with Gasteiger partial charge in [0.2, 0.25) is 5.91 Å². The summed E-state index contributed by atoms with van der Waals surface area (Å²) >= 11 is 0. The van der Waals surface area contributed by atoms with Crippen molar-refractivity contribution in [1.29, 1.82) is 0 Å². The summed E-state index contributed by atoms with van der Waals surface area (Å²) < 4.78 is 36.2. The van der Waals surface area contributed by atoms with Crippen molar-refractivity contribution < 1.29 is 33.2 Å². The van der Waals surface area contributed by atoms with Crippen LogP contribution in [-0.4, -0.2) is 52.7 Å². The summed E-state index contributed by atoms with van der Waals surface area (Å²) in [4.78, 5) is 12.1. The van der Waals surface area contributed by atoms with E-state index in [4.69, 9.17) is 28.4 Å². The van der Waals surface area contributed by atoms with Crippen molar-refractivity contribution in [3.05, 3.63) is 108 Å². The van der Waals surface area contributed by atoms with Gasteiger partial charge in [0.1, 0.15) is 18.0 Å². The highest BCUT2D eigenvalue weighted by atomic mass is 16.6. The quantitative estimate of drug-likeness (QED) is 0.428. The molecular weight excluding hydrogens is 510 g/mol. The van der Waals surface area contributed by atoms with Crippen LogP contribution in [0.25, 0.3) is 0 Å². The molecule has 2 bridgehead atoms. The van der Waals surface area contributed by atoms with Crippen LogP contribution >= 0.6 is 0 Å². The maximum Gasteiger partial charge on any atom is 0.247 e. The monoisotopic (exact) mass is 547 g/mol. The maximum absolute atomic E-state index is 12.1. The molecule has 1 amide bonds. The van der Waals surface area contributed by atoms with Gasteiger partial charge < -0.3 is 33.7 Å². The molecule has 0 aromatic heterocycles. The number of carbonyl (C=O) groups is 1. The lowest BCUT2D eigenvalue weighted by atomic mass is 10.1. The second-order valence-corrected chi connectivity index (χ2v) is 9.20. The van der Waals surface area contributed by atoms with Gasteiger partial charge in [0.05, 0.1) is 60.0 Å².